The zero-order valence-electron chi connectivity index (χ0n) is 12.3. The molecule has 2 N–H and O–H groups in total. The lowest BCUT2D eigenvalue weighted by molar-refractivity contribution is -0.119. The Bertz CT molecular complexity index is 744. The maximum Gasteiger partial charge on any atom is 0.358 e. The van der Waals surface area contributed by atoms with E-state index in [9.17, 15) is 18.4 Å². The second-order valence-corrected chi connectivity index (χ2v) is 5.29. The van der Waals surface area contributed by atoms with Crippen molar-refractivity contribution >= 4 is 34.0 Å². The minimum atomic E-state index is -0.924. The van der Waals surface area contributed by atoms with E-state index < -0.39 is 35.8 Å². The first-order chi connectivity index (χ1) is 11.5. The van der Waals surface area contributed by atoms with E-state index in [1.54, 1.807) is 6.08 Å². The molecule has 0 unspecified atom stereocenters. The number of carbonyl (C=O) groups excluding carboxylic acids is 2. The van der Waals surface area contributed by atoms with Crippen molar-refractivity contribution in [2.24, 2.45) is 0 Å². The molecule has 9 heteroatoms. The van der Waals surface area contributed by atoms with Crippen LogP contribution in [0.1, 0.15) is 10.5 Å². The summed E-state index contributed by atoms with van der Waals surface area (Å²) >= 11 is 1.19. The summed E-state index contributed by atoms with van der Waals surface area (Å²) in [6.45, 7) is 3.33. The Morgan fingerprint density at radius 1 is 1.33 bits per heavy atom. The van der Waals surface area contributed by atoms with Crippen LogP contribution in [0.5, 0.6) is 0 Å². The maximum absolute atomic E-state index is 13.4. The lowest BCUT2D eigenvalue weighted by Crippen LogP contribution is -2.22. The van der Waals surface area contributed by atoms with Crippen LogP contribution < -0.4 is 10.6 Å². The molecule has 126 valence electrons. The maximum atomic E-state index is 13.4. The van der Waals surface area contributed by atoms with Gasteiger partial charge in [0.25, 0.3) is 5.91 Å². The van der Waals surface area contributed by atoms with Crippen LogP contribution in [-0.2, 0) is 9.53 Å². The summed E-state index contributed by atoms with van der Waals surface area (Å²) in [5.74, 6) is -3.53. The van der Waals surface area contributed by atoms with Crippen LogP contribution >= 0.6 is 11.3 Å². The van der Waals surface area contributed by atoms with Gasteiger partial charge in [0, 0.05) is 11.9 Å². The minimum Gasteiger partial charge on any atom is -0.451 e. The van der Waals surface area contributed by atoms with E-state index in [1.807, 2.05) is 5.32 Å². The Kier molecular flexibility index (Phi) is 5.96. The van der Waals surface area contributed by atoms with Gasteiger partial charge in [0.2, 0.25) is 0 Å². The molecule has 0 aliphatic carbocycles. The molecule has 0 fully saturated rings. The number of hydrogen-bond donors (Lipinski definition) is 2. The SMILES string of the molecule is C=CCNc1nc(C(=O)OCC(=O)Nc2c(F)cccc2F)cs1. The number of hydrogen-bond acceptors (Lipinski definition) is 6. The van der Waals surface area contributed by atoms with Gasteiger partial charge in [-0.1, -0.05) is 12.1 Å². The molecule has 24 heavy (non-hydrogen) atoms. The Balaban J connectivity index is 1.88. The number of carbonyl (C=O) groups is 2. The van der Waals surface area contributed by atoms with E-state index in [1.165, 1.54) is 22.8 Å². The van der Waals surface area contributed by atoms with Gasteiger partial charge in [0.15, 0.2) is 17.4 Å². The van der Waals surface area contributed by atoms with Gasteiger partial charge >= 0.3 is 5.97 Å². The lowest BCUT2D eigenvalue weighted by atomic mass is 10.3. The van der Waals surface area contributed by atoms with Crippen LogP contribution in [0.25, 0.3) is 0 Å². The molecule has 0 spiro atoms. The van der Waals surface area contributed by atoms with Crippen molar-refractivity contribution in [2.75, 3.05) is 23.8 Å². The van der Waals surface area contributed by atoms with Crippen molar-refractivity contribution in [3.8, 4) is 0 Å². The van der Waals surface area contributed by atoms with E-state index in [0.717, 1.165) is 12.1 Å². The Labute approximate surface area is 140 Å². The molecule has 0 atom stereocenters. The van der Waals surface area contributed by atoms with E-state index in [-0.39, 0.29) is 5.69 Å². The van der Waals surface area contributed by atoms with Gasteiger partial charge in [-0.3, -0.25) is 4.79 Å². The van der Waals surface area contributed by atoms with Gasteiger partial charge in [-0.25, -0.2) is 18.6 Å². The molecule has 1 aromatic heterocycles. The predicted octanol–water partition coefficient (Wildman–Crippen LogP) is 2.81. The molecular weight excluding hydrogens is 340 g/mol. The highest BCUT2D eigenvalue weighted by molar-refractivity contribution is 7.13. The molecule has 2 aromatic rings. The van der Waals surface area contributed by atoms with Crippen LogP contribution in [0.4, 0.5) is 19.6 Å². The molecule has 0 aliphatic rings. The number of ether oxygens (including phenoxy) is 1. The Morgan fingerprint density at radius 3 is 2.71 bits per heavy atom. The number of esters is 1. The number of anilines is 2. The topological polar surface area (TPSA) is 80.3 Å². The average Bonchev–Trinajstić information content (AvgIpc) is 3.03. The normalized spacial score (nSPS) is 10.1. The average molecular weight is 353 g/mol. The molecule has 1 amide bonds. The third kappa shape index (κ3) is 4.59. The molecule has 0 aliphatic heterocycles. The largest absolute Gasteiger partial charge is 0.451 e. The highest BCUT2D eigenvalue weighted by atomic mass is 32.1. The fraction of sp³-hybridized carbons (Fsp3) is 0.133. The molecule has 1 heterocycles. The van der Waals surface area contributed by atoms with Crippen LogP contribution in [-0.4, -0.2) is 30.0 Å². The summed E-state index contributed by atoms with van der Waals surface area (Å²) in [6.07, 6.45) is 1.63. The number of halogens is 2. The van der Waals surface area contributed by atoms with Gasteiger partial charge in [0.05, 0.1) is 0 Å². The predicted molar refractivity (Wildman–Crippen MR) is 86.1 cm³/mol. The number of rotatable bonds is 7. The zero-order valence-corrected chi connectivity index (χ0v) is 13.2. The van der Waals surface area contributed by atoms with Gasteiger partial charge in [-0.2, -0.15) is 0 Å². The summed E-state index contributed by atoms with van der Waals surface area (Å²) in [7, 11) is 0. The van der Waals surface area contributed by atoms with Crippen LogP contribution in [0.3, 0.4) is 0 Å². The van der Waals surface area contributed by atoms with Crippen LogP contribution in [0, 0.1) is 11.6 Å². The number of nitrogens with zero attached hydrogens (tertiary/aromatic N) is 1. The fourth-order valence-corrected chi connectivity index (χ4v) is 2.30. The summed E-state index contributed by atoms with van der Waals surface area (Å²) < 4.78 is 31.5. The first-order valence-corrected chi connectivity index (χ1v) is 7.60. The number of amides is 1. The highest BCUT2D eigenvalue weighted by Gasteiger charge is 2.16. The van der Waals surface area contributed by atoms with Crippen molar-refractivity contribution in [2.45, 2.75) is 0 Å². The van der Waals surface area contributed by atoms with Gasteiger partial charge in [-0.15, -0.1) is 17.9 Å². The molecule has 2 rings (SSSR count). The van der Waals surface area contributed by atoms with Crippen molar-refractivity contribution in [1.29, 1.82) is 0 Å². The summed E-state index contributed by atoms with van der Waals surface area (Å²) in [5, 5.41) is 6.87. The van der Waals surface area contributed by atoms with E-state index in [0.29, 0.717) is 11.7 Å². The van der Waals surface area contributed by atoms with E-state index >= 15 is 0 Å². The highest BCUT2D eigenvalue weighted by Crippen LogP contribution is 2.18. The summed E-state index contributed by atoms with van der Waals surface area (Å²) in [5.41, 5.74) is -0.570. The number of thiazole rings is 1. The first-order valence-electron chi connectivity index (χ1n) is 6.72. The van der Waals surface area contributed by atoms with Gasteiger partial charge in [-0.05, 0) is 12.1 Å². The Hall–Kier alpha value is -2.81. The van der Waals surface area contributed by atoms with Gasteiger partial charge < -0.3 is 15.4 Å². The van der Waals surface area contributed by atoms with Crippen LogP contribution in [0.2, 0.25) is 0 Å². The second-order valence-electron chi connectivity index (χ2n) is 4.43. The zero-order chi connectivity index (χ0) is 17.5. The van der Waals surface area contributed by atoms with Crippen LogP contribution in [0.15, 0.2) is 36.2 Å². The number of benzene rings is 1. The quantitative estimate of drug-likeness (QED) is 0.591. The van der Waals surface area contributed by atoms with E-state index in [2.05, 4.69) is 16.9 Å². The van der Waals surface area contributed by atoms with Crippen molar-refractivity contribution in [1.82, 2.24) is 4.98 Å². The molecule has 0 saturated carbocycles. The van der Waals surface area contributed by atoms with Crippen molar-refractivity contribution < 1.29 is 23.1 Å². The Morgan fingerprint density at radius 2 is 2.04 bits per heavy atom. The van der Waals surface area contributed by atoms with Crippen molar-refractivity contribution in [3.63, 3.8) is 0 Å². The molecule has 6 nitrogen and oxygen atoms in total. The molecule has 1 aromatic carbocycles. The third-order valence-electron chi connectivity index (χ3n) is 2.67. The monoisotopic (exact) mass is 353 g/mol. The number of nitrogens with one attached hydrogen (secondary N) is 2. The minimum absolute atomic E-state index is 0.0245. The summed E-state index contributed by atoms with van der Waals surface area (Å²) in [4.78, 5) is 27.4. The number of aromatic nitrogens is 1. The standard InChI is InChI=1S/C15H13F2N3O3S/c1-2-6-18-15-19-11(8-24-15)14(22)23-7-12(21)20-13-9(16)4-3-5-10(13)17/h2-5,8H,1,6-7H2,(H,18,19)(H,20,21). The second kappa shape index (κ2) is 8.16. The van der Waals surface area contributed by atoms with E-state index in [4.69, 9.17) is 4.74 Å². The third-order valence-corrected chi connectivity index (χ3v) is 3.47. The smallest absolute Gasteiger partial charge is 0.358 e. The molecule has 0 bridgehead atoms. The molecule has 0 radical (unpaired) electrons. The number of para-hydroxylation sites is 1. The molecular formula is C15H13F2N3O3S. The fourth-order valence-electron chi connectivity index (χ4n) is 1.61. The van der Waals surface area contributed by atoms with Gasteiger partial charge in [0.1, 0.15) is 17.3 Å². The lowest BCUT2D eigenvalue weighted by Gasteiger charge is -2.07. The molecule has 0 saturated heterocycles. The van der Waals surface area contributed by atoms with Crippen molar-refractivity contribution in [3.05, 3.63) is 53.6 Å². The first kappa shape index (κ1) is 17.5. The summed E-state index contributed by atoms with van der Waals surface area (Å²) in [6, 6.07) is 3.16.